The van der Waals surface area contributed by atoms with E-state index in [0.717, 1.165) is 49.3 Å². The molecule has 0 unspecified atom stereocenters. The molecule has 0 atom stereocenters. The van der Waals surface area contributed by atoms with Crippen molar-refractivity contribution < 1.29 is 22.7 Å². The van der Waals surface area contributed by atoms with Gasteiger partial charge in [-0.05, 0) is 44.6 Å². The Hall–Kier alpha value is -4.58. The van der Waals surface area contributed by atoms with Gasteiger partial charge in [0.15, 0.2) is 0 Å². The predicted octanol–water partition coefficient (Wildman–Crippen LogP) is 5.94. The first-order chi connectivity index (χ1) is 20.5. The molecule has 0 aliphatic carbocycles. The van der Waals surface area contributed by atoms with Gasteiger partial charge in [-0.25, -0.2) is 9.97 Å². The Balaban J connectivity index is 1.60. The summed E-state index contributed by atoms with van der Waals surface area (Å²) in [7, 11) is 7.30. The van der Waals surface area contributed by atoms with Crippen LogP contribution < -0.4 is 20.3 Å². The quantitative estimate of drug-likeness (QED) is 0.220. The Morgan fingerprint density at radius 2 is 1.98 bits per heavy atom. The monoisotopic (exact) mass is 593 g/mol. The summed E-state index contributed by atoms with van der Waals surface area (Å²) in [4.78, 5) is 24.7. The summed E-state index contributed by atoms with van der Waals surface area (Å²) in [5.74, 6) is -0.0806. The molecule has 9 nitrogen and oxygen atoms in total. The number of alkyl halides is 3. The number of aryl methyl sites for hydroxylation is 2. The van der Waals surface area contributed by atoms with Crippen molar-refractivity contribution in [3.63, 3.8) is 0 Å². The molecule has 43 heavy (non-hydrogen) atoms. The first-order valence-electron chi connectivity index (χ1n) is 13.8. The lowest BCUT2D eigenvalue weighted by molar-refractivity contribution is -0.137. The van der Waals surface area contributed by atoms with Crippen LogP contribution in [0.25, 0.3) is 22.2 Å². The average molecular weight is 594 g/mol. The zero-order valence-electron chi connectivity index (χ0n) is 24.5. The van der Waals surface area contributed by atoms with Crippen LogP contribution in [-0.2, 0) is 23.9 Å². The fraction of sp³-hybridized carbons (Fsp3) is 0.323. The minimum absolute atomic E-state index is 0.0528. The highest BCUT2D eigenvalue weighted by atomic mass is 19.4. The number of nitrogens with one attached hydrogen (secondary N) is 2. The number of aromatic nitrogens is 3. The van der Waals surface area contributed by atoms with E-state index in [9.17, 15) is 18.0 Å². The molecule has 1 aliphatic rings. The topological polar surface area (TPSA) is 87.5 Å². The van der Waals surface area contributed by atoms with Crippen molar-refractivity contribution in [2.24, 2.45) is 0 Å². The van der Waals surface area contributed by atoms with Gasteiger partial charge >= 0.3 is 6.18 Å². The lowest BCUT2D eigenvalue weighted by atomic mass is 10.0. The van der Waals surface area contributed by atoms with Crippen LogP contribution >= 0.6 is 0 Å². The number of amides is 1. The van der Waals surface area contributed by atoms with Crippen molar-refractivity contribution in [3.05, 3.63) is 66.5 Å². The molecular formula is C31H34F3N7O2. The zero-order chi connectivity index (χ0) is 30.9. The van der Waals surface area contributed by atoms with Crippen LogP contribution in [0.5, 0.6) is 5.75 Å². The predicted molar refractivity (Wildman–Crippen MR) is 163 cm³/mol. The zero-order valence-corrected chi connectivity index (χ0v) is 24.5. The number of benzene rings is 2. The molecule has 0 fully saturated rings. The maximum Gasteiger partial charge on any atom is 0.419 e. The van der Waals surface area contributed by atoms with Crippen LogP contribution in [0.1, 0.15) is 17.5 Å². The van der Waals surface area contributed by atoms with Gasteiger partial charge in [0, 0.05) is 56.1 Å². The van der Waals surface area contributed by atoms with Gasteiger partial charge in [0.25, 0.3) is 0 Å². The molecule has 1 aliphatic heterocycles. The van der Waals surface area contributed by atoms with E-state index >= 15 is 0 Å². The van der Waals surface area contributed by atoms with Crippen LogP contribution in [0.3, 0.4) is 0 Å². The van der Waals surface area contributed by atoms with E-state index in [1.165, 1.54) is 7.11 Å². The molecule has 5 rings (SSSR count). The lowest BCUT2D eigenvalue weighted by Gasteiger charge is -2.26. The van der Waals surface area contributed by atoms with E-state index in [1.54, 1.807) is 18.3 Å². The van der Waals surface area contributed by atoms with Gasteiger partial charge in [-0.3, -0.25) is 4.79 Å². The number of likely N-dealkylation sites (N-methyl/N-ethyl adjacent to an activating group) is 2. The third-order valence-electron chi connectivity index (χ3n) is 7.48. The molecule has 0 spiro atoms. The summed E-state index contributed by atoms with van der Waals surface area (Å²) in [5, 5.41) is 6.55. The minimum atomic E-state index is -4.67. The smallest absolute Gasteiger partial charge is 0.419 e. The van der Waals surface area contributed by atoms with Gasteiger partial charge in [-0.15, -0.1) is 0 Å². The van der Waals surface area contributed by atoms with Crippen LogP contribution in [0.4, 0.5) is 36.2 Å². The van der Waals surface area contributed by atoms with Crippen LogP contribution in [0.15, 0.2) is 55.4 Å². The van der Waals surface area contributed by atoms with E-state index < -0.39 is 17.6 Å². The van der Waals surface area contributed by atoms with Gasteiger partial charge in [-0.1, -0.05) is 24.8 Å². The highest BCUT2D eigenvalue weighted by molar-refractivity contribution is 6.02. The van der Waals surface area contributed by atoms with E-state index in [1.807, 2.05) is 53.7 Å². The molecule has 2 aromatic carbocycles. The van der Waals surface area contributed by atoms with Crippen molar-refractivity contribution in [2.45, 2.75) is 25.6 Å². The second-order valence-electron chi connectivity index (χ2n) is 10.7. The lowest BCUT2D eigenvalue weighted by Crippen LogP contribution is -2.29. The van der Waals surface area contributed by atoms with Gasteiger partial charge < -0.3 is 29.7 Å². The molecule has 2 aromatic heterocycles. The van der Waals surface area contributed by atoms with Crippen molar-refractivity contribution in [3.8, 4) is 17.0 Å². The molecule has 4 aromatic rings. The van der Waals surface area contributed by atoms with E-state index in [0.29, 0.717) is 40.3 Å². The molecule has 0 saturated carbocycles. The highest BCUT2D eigenvalue weighted by Crippen LogP contribution is 2.42. The standard InChI is InChI=1S/C31H34F3N7O2/c1-6-27(42)36-23-15-24(26(43-5)16-25(23)40(4)14-13-39(2)3)37-30-35-17-22(31(32,33)34)28(38-30)21-18-41-12-8-10-19-9-7-11-20(21)29(19)41/h6-7,9,11,15-18H,1,8,10,12-14H2,2-5H3,(H,36,42)(H,35,37,38). The summed E-state index contributed by atoms with van der Waals surface area (Å²) in [6.45, 7) is 5.66. The molecule has 0 saturated heterocycles. The minimum Gasteiger partial charge on any atom is -0.494 e. The van der Waals surface area contributed by atoms with Crippen molar-refractivity contribution in [2.75, 3.05) is 56.9 Å². The number of nitrogens with zero attached hydrogens (tertiary/aromatic N) is 5. The van der Waals surface area contributed by atoms with Gasteiger partial charge in [0.2, 0.25) is 11.9 Å². The summed E-state index contributed by atoms with van der Waals surface area (Å²) < 4.78 is 50.4. The number of rotatable bonds is 10. The van der Waals surface area contributed by atoms with Crippen molar-refractivity contribution in [1.82, 2.24) is 19.4 Å². The highest BCUT2D eigenvalue weighted by Gasteiger charge is 2.36. The number of hydrogen-bond acceptors (Lipinski definition) is 7. The normalized spacial score (nSPS) is 12.8. The Labute approximate surface area is 248 Å². The first kappa shape index (κ1) is 29.9. The second-order valence-corrected chi connectivity index (χ2v) is 10.7. The third kappa shape index (κ3) is 6.14. The summed E-state index contributed by atoms with van der Waals surface area (Å²) in [6, 6.07) is 9.09. The molecule has 0 radical (unpaired) electrons. The maximum atomic E-state index is 14.2. The summed E-state index contributed by atoms with van der Waals surface area (Å²) in [6.07, 6.45) is 0.816. The number of carbonyl (C=O) groups excluding carboxylic acids is 1. The largest absolute Gasteiger partial charge is 0.494 e. The summed E-state index contributed by atoms with van der Waals surface area (Å²) >= 11 is 0. The van der Waals surface area contributed by atoms with Gasteiger partial charge in [0.05, 0.1) is 35.4 Å². The van der Waals surface area contributed by atoms with E-state index in [4.69, 9.17) is 4.74 Å². The molecular weight excluding hydrogens is 559 g/mol. The maximum absolute atomic E-state index is 14.2. The third-order valence-corrected chi connectivity index (χ3v) is 7.48. The number of halogens is 3. The van der Waals surface area contributed by atoms with Crippen molar-refractivity contribution >= 4 is 39.8 Å². The molecule has 3 heterocycles. The van der Waals surface area contributed by atoms with Crippen LogP contribution in [-0.4, -0.2) is 66.7 Å². The van der Waals surface area contributed by atoms with Crippen molar-refractivity contribution in [1.29, 1.82) is 0 Å². The Morgan fingerprint density at radius 3 is 2.67 bits per heavy atom. The second kappa shape index (κ2) is 12.0. The Bertz CT molecular complexity index is 1680. The van der Waals surface area contributed by atoms with Crippen LogP contribution in [0, 0.1) is 0 Å². The number of anilines is 4. The van der Waals surface area contributed by atoms with Crippen LogP contribution in [0.2, 0.25) is 0 Å². The van der Waals surface area contributed by atoms with E-state index in [2.05, 4.69) is 27.2 Å². The summed E-state index contributed by atoms with van der Waals surface area (Å²) in [5.41, 5.74) is 2.78. The Morgan fingerprint density at radius 1 is 1.19 bits per heavy atom. The molecule has 2 N–H and O–H groups in total. The fourth-order valence-corrected chi connectivity index (χ4v) is 5.33. The number of ether oxygens (including phenoxy) is 1. The number of carbonyl (C=O) groups is 1. The Kier molecular flexibility index (Phi) is 8.32. The average Bonchev–Trinajstić information content (AvgIpc) is 3.35. The SMILES string of the molecule is C=CC(=O)Nc1cc(Nc2ncc(C(F)(F)F)c(-c3cn4c5c(cccc35)CCC4)n2)c(OC)cc1N(C)CCN(C)C. The van der Waals surface area contributed by atoms with Gasteiger partial charge in [0.1, 0.15) is 11.3 Å². The fourth-order valence-electron chi connectivity index (χ4n) is 5.33. The molecule has 12 heteroatoms. The molecule has 0 bridgehead atoms. The van der Waals surface area contributed by atoms with E-state index in [-0.39, 0.29) is 11.6 Å². The number of hydrogen-bond donors (Lipinski definition) is 2. The molecule has 1 amide bonds. The first-order valence-corrected chi connectivity index (χ1v) is 13.8. The molecule has 226 valence electrons. The van der Waals surface area contributed by atoms with Gasteiger partial charge in [-0.2, -0.15) is 13.2 Å². The number of methoxy groups -OCH3 is 1. The number of para-hydroxylation sites is 1.